The van der Waals surface area contributed by atoms with Crippen LogP contribution in [0.4, 0.5) is 0 Å². The molecule has 0 aliphatic carbocycles. The van der Waals surface area contributed by atoms with Crippen LogP contribution in [0.15, 0.2) is 26.7 Å². The van der Waals surface area contributed by atoms with Crippen molar-refractivity contribution in [2.24, 2.45) is 0 Å². The predicted molar refractivity (Wildman–Crippen MR) is 53.3 cm³/mol. The van der Waals surface area contributed by atoms with Gasteiger partial charge in [-0.3, -0.25) is 0 Å². The standard InChI is InChI=1S/C7H7BrS2/c1-5(8)4-6-2-3-10-7(6)9/h2-3,9H,1,4H2. The van der Waals surface area contributed by atoms with Crippen molar-refractivity contribution in [2.75, 3.05) is 0 Å². The maximum Gasteiger partial charge on any atom is 0.0603 e. The minimum Gasteiger partial charge on any atom is -0.137 e. The third kappa shape index (κ3) is 2.15. The summed E-state index contributed by atoms with van der Waals surface area (Å²) < 4.78 is 2.09. The average Bonchev–Trinajstić information content (AvgIpc) is 2.15. The molecule has 0 unspecified atom stereocenters. The van der Waals surface area contributed by atoms with Crippen LogP contribution >= 0.6 is 39.9 Å². The summed E-state index contributed by atoms with van der Waals surface area (Å²) >= 11 is 9.24. The number of rotatable bonds is 2. The summed E-state index contributed by atoms with van der Waals surface area (Å²) in [5.74, 6) is 0. The van der Waals surface area contributed by atoms with E-state index in [0.717, 1.165) is 15.1 Å². The second kappa shape index (κ2) is 3.60. The van der Waals surface area contributed by atoms with Gasteiger partial charge in [0.1, 0.15) is 0 Å². The van der Waals surface area contributed by atoms with Gasteiger partial charge in [0.2, 0.25) is 0 Å². The Morgan fingerprint density at radius 3 is 2.90 bits per heavy atom. The molecule has 0 saturated carbocycles. The van der Waals surface area contributed by atoms with E-state index in [1.165, 1.54) is 5.56 Å². The molecule has 0 aliphatic rings. The zero-order valence-electron chi connectivity index (χ0n) is 5.30. The molecule has 3 heteroatoms. The van der Waals surface area contributed by atoms with Gasteiger partial charge in [-0.1, -0.05) is 22.5 Å². The molecule has 0 N–H and O–H groups in total. The van der Waals surface area contributed by atoms with Gasteiger partial charge in [0, 0.05) is 6.42 Å². The minimum atomic E-state index is 0.877. The van der Waals surface area contributed by atoms with Gasteiger partial charge in [0.25, 0.3) is 0 Å². The van der Waals surface area contributed by atoms with Crippen molar-refractivity contribution in [2.45, 2.75) is 10.6 Å². The molecule has 0 radical (unpaired) electrons. The lowest BCUT2D eigenvalue weighted by atomic mass is 10.2. The van der Waals surface area contributed by atoms with Crippen LogP contribution in [0.2, 0.25) is 0 Å². The van der Waals surface area contributed by atoms with Crippen molar-refractivity contribution in [1.82, 2.24) is 0 Å². The normalized spacial score (nSPS) is 9.80. The topological polar surface area (TPSA) is 0 Å². The van der Waals surface area contributed by atoms with Crippen LogP contribution in [0.25, 0.3) is 0 Å². The molecular formula is C7H7BrS2. The summed E-state index contributed by atoms with van der Waals surface area (Å²) in [7, 11) is 0. The van der Waals surface area contributed by atoms with Gasteiger partial charge < -0.3 is 0 Å². The van der Waals surface area contributed by atoms with E-state index in [0.29, 0.717) is 0 Å². The van der Waals surface area contributed by atoms with Crippen LogP contribution in [-0.4, -0.2) is 0 Å². The van der Waals surface area contributed by atoms with Crippen LogP contribution in [-0.2, 0) is 6.42 Å². The van der Waals surface area contributed by atoms with Crippen molar-refractivity contribution in [1.29, 1.82) is 0 Å². The fourth-order valence-corrected chi connectivity index (χ4v) is 1.96. The van der Waals surface area contributed by atoms with Gasteiger partial charge >= 0.3 is 0 Å². The molecule has 0 spiro atoms. The van der Waals surface area contributed by atoms with Crippen molar-refractivity contribution in [3.8, 4) is 0 Å². The van der Waals surface area contributed by atoms with Crippen molar-refractivity contribution in [3.05, 3.63) is 28.1 Å². The Bertz CT molecular complexity index is 240. The fourth-order valence-electron chi connectivity index (χ4n) is 0.669. The Kier molecular flexibility index (Phi) is 3.01. The highest BCUT2D eigenvalue weighted by atomic mass is 79.9. The van der Waals surface area contributed by atoms with Gasteiger partial charge in [-0.25, -0.2) is 0 Å². The quantitative estimate of drug-likeness (QED) is 0.745. The third-order valence-electron chi connectivity index (χ3n) is 1.11. The van der Waals surface area contributed by atoms with Gasteiger partial charge in [0.15, 0.2) is 0 Å². The maximum atomic E-state index is 4.28. The summed E-state index contributed by atoms with van der Waals surface area (Å²) in [6.07, 6.45) is 0.877. The molecule has 1 rings (SSSR count). The highest BCUT2D eigenvalue weighted by Gasteiger charge is 1.99. The molecule has 1 aromatic rings. The molecule has 0 saturated heterocycles. The fraction of sp³-hybridized carbons (Fsp3) is 0.143. The number of thiol groups is 1. The van der Waals surface area contributed by atoms with Crippen LogP contribution in [0.1, 0.15) is 5.56 Å². The van der Waals surface area contributed by atoms with Crippen LogP contribution < -0.4 is 0 Å². The van der Waals surface area contributed by atoms with E-state index in [1.54, 1.807) is 11.3 Å². The molecule has 54 valence electrons. The highest BCUT2D eigenvalue weighted by molar-refractivity contribution is 9.11. The van der Waals surface area contributed by atoms with Crippen LogP contribution in [0, 0.1) is 0 Å². The molecule has 1 heterocycles. The second-order valence-corrected chi connectivity index (χ2v) is 4.73. The number of hydrogen-bond acceptors (Lipinski definition) is 2. The van der Waals surface area contributed by atoms with Crippen LogP contribution in [0.5, 0.6) is 0 Å². The number of allylic oxidation sites excluding steroid dienone is 1. The molecule has 0 aromatic carbocycles. The summed E-state index contributed by atoms with van der Waals surface area (Å²) in [5.41, 5.74) is 1.25. The molecule has 0 amide bonds. The highest BCUT2D eigenvalue weighted by Crippen LogP contribution is 2.24. The third-order valence-corrected chi connectivity index (χ3v) is 2.75. The Hall–Kier alpha value is 0.270. The first-order chi connectivity index (χ1) is 4.70. The number of halogens is 1. The number of thiophene rings is 1. The first-order valence-corrected chi connectivity index (χ1v) is 4.90. The van der Waals surface area contributed by atoms with E-state index < -0.39 is 0 Å². The van der Waals surface area contributed by atoms with Gasteiger partial charge in [-0.2, -0.15) is 0 Å². The SMILES string of the molecule is C=C(Br)Cc1ccsc1S. The lowest BCUT2D eigenvalue weighted by Gasteiger charge is -1.94. The van der Waals surface area contributed by atoms with Gasteiger partial charge in [0.05, 0.1) is 4.21 Å². The van der Waals surface area contributed by atoms with E-state index in [2.05, 4.69) is 41.2 Å². The summed E-state index contributed by atoms with van der Waals surface area (Å²) in [6, 6.07) is 2.07. The molecule has 0 bridgehead atoms. The second-order valence-electron chi connectivity index (χ2n) is 1.95. The van der Waals surface area contributed by atoms with E-state index in [1.807, 2.05) is 5.38 Å². The first-order valence-electron chi connectivity index (χ1n) is 2.79. The zero-order valence-corrected chi connectivity index (χ0v) is 8.60. The molecule has 0 fully saturated rings. The summed E-state index contributed by atoms with van der Waals surface area (Å²) in [5, 5.41) is 2.04. The van der Waals surface area contributed by atoms with Gasteiger partial charge in [-0.15, -0.1) is 24.0 Å². The molecule has 0 aliphatic heterocycles. The van der Waals surface area contributed by atoms with E-state index >= 15 is 0 Å². The van der Waals surface area contributed by atoms with E-state index in [9.17, 15) is 0 Å². The molecular weight excluding hydrogens is 228 g/mol. The largest absolute Gasteiger partial charge is 0.137 e. The molecule has 10 heavy (non-hydrogen) atoms. The summed E-state index contributed by atoms with van der Waals surface area (Å²) in [4.78, 5) is 0. The molecule has 0 atom stereocenters. The lowest BCUT2D eigenvalue weighted by Crippen LogP contribution is -1.78. The van der Waals surface area contributed by atoms with Gasteiger partial charge in [-0.05, 0) is 21.5 Å². The number of hydrogen-bond donors (Lipinski definition) is 1. The smallest absolute Gasteiger partial charge is 0.0603 e. The average molecular weight is 235 g/mol. The van der Waals surface area contributed by atoms with Crippen molar-refractivity contribution in [3.63, 3.8) is 0 Å². The first kappa shape index (κ1) is 8.37. The lowest BCUT2D eigenvalue weighted by molar-refractivity contribution is 1.23. The van der Waals surface area contributed by atoms with Crippen molar-refractivity contribution < 1.29 is 0 Å². The molecule has 1 aromatic heterocycles. The monoisotopic (exact) mass is 234 g/mol. The zero-order chi connectivity index (χ0) is 7.56. The Morgan fingerprint density at radius 1 is 1.80 bits per heavy atom. The van der Waals surface area contributed by atoms with Crippen molar-refractivity contribution >= 4 is 39.9 Å². The van der Waals surface area contributed by atoms with E-state index in [4.69, 9.17) is 0 Å². The van der Waals surface area contributed by atoms with E-state index in [-0.39, 0.29) is 0 Å². The maximum absolute atomic E-state index is 4.28. The predicted octanol–water partition coefficient (Wildman–Crippen LogP) is 3.49. The van der Waals surface area contributed by atoms with Crippen LogP contribution in [0.3, 0.4) is 0 Å². The molecule has 0 nitrogen and oxygen atoms in total. The minimum absolute atomic E-state index is 0.877. The Labute approximate surface area is 78.5 Å². The summed E-state index contributed by atoms with van der Waals surface area (Å²) in [6.45, 7) is 3.76. The Balaban J connectivity index is 2.74. The Morgan fingerprint density at radius 2 is 2.50 bits per heavy atom.